The minimum atomic E-state index is -0.101. The molecule has 2 fully saturated rings. The molecule has 2 saturated heterocycles. The maximum atomic E-state index is 12.4. The molecule has 2 aliphatic heterocycles. The maximum absolute atomic E-state index is 12.4. The van der Waals surface area contributed by atoms with E-state index in [4.69, 9.17) is 4.74 Å². The number of nitrogens with one attached hydrogen (secondary N) is 1. The van der Waals surface area contributed by atoms with E-state index >= 15 is 0 Å². The first-order valence-corrected chi connectivity index (χ1v) is 8.78. The highest BCUT2D eigenvalue weighted by atomic mass is 79.9. The molecule has 0 spiro atoms. The van der Waals surface area contributed by atoms with Gasteiger partial charge in [-0.1, -0.05) is 0 Å². The normalized spacial score (nSPS) is 24.4. The lowest BCUT2D eigenvalue weighted by Crippen LogP contribution is -2.43. The van der Waals surface area contributed by atoms with Crippen LogP contribution in [-0.4, -0.2) is 53.4 Å². The van der Waals surface area contributed by atoms with Crippen LogP contribution in [0.5, 0.6) is 0 Å². The van der Waals surface area contributed by atoms with E-state index in [0.717, 1.165) is 56.3 Å². The van der Waals surface area contributed by atoms with Crippen molar-refractivity contribution in [2.24, 2.45) is 0 Å². The molecule has 1 N–H and O–H groups in total. The first-order chi connectivity index (χ1) is 10.6. The van der Waals surface area contributed by atoms with Gasteiger partial charge in [-0.05, 0) is 68.2 Å². The topological polar surface area (TPSA) is 59.4 Å². The van der Waals surface area contributed by atoms with E-state index < -0.39 is 0 Å². The van der Waals surface area contributed by atoms with Gasteiger partial charge in [-0.2, -0.15) is 5.10 Å². The highest BCUT2D eigenvalue weighted by molar-refractivity contribution is 9.10. The Morgan fingerprint density at radius 3 is 2.82 bits per heavy atom. The number of likely N-dealkylation sites (tertiary alicyclic amines) is 1. The van der Waals surface area contributed by atoms with E-state index in [0.29, 0.717) is 5.69 Å². The largest absolute Gasteiger partial charge is 0.357 e. The van der Waals surface area contributed by atoms with Gasteiger partial charge in [0.1, 0.15) is 6.23 Å². The Morgan fingerprint density at radius 2 is 2.14 bits per heavy atom. The van der Waals surface area contributed by atoms with Crippen LogP contribution in [0.15, 0.2) is 10.7 Å². The van der Waals surface area contributed by atoms with Gasteiger partial charge in [0.25, 0.3) is 5.91 Å². The average Bonchev–Trinajstić information content (AvgIpc) is 2.92. The molecule has 0 radical (unpaired) electrons. The summed E-state index contributed by atoms with van der Waals surface area (Å²) in [6.07, 6.45) is 6.97. The molecule has 1 atom stereocenters. The minimum absolute atomic E-state index is 0.0464. The van der Waals surface area contributed by atoms with Crippen LogP contribution < -0.4 is 5.32 Å². The fourth-order valence-electron chi connectivity index (χ4n) is 3.01. The number of ether oxygens (including phenoxy) is 1. The van der Waals surface area contributed by atoms with Crippen LogP contribution in [0.3, 0.4) is 0 Å². The van der Waals surface area contributed by atoms with E-state index in [1.807, 2.05) is 6.20 Å². The van der Waals surface area contributed by atoms with Crippen molar-refractivity contribution in [3.8, 4) is 0 Å². The number of amides is 1. The number of rotatable bonds is 3. The predicted octanol–water partition coefficient (Wildman–Crippen LogP) is 2.17. The molecule has 22 heavy (non-hydrogen) atoms. The molecule has 2 aliphatic rings. The fraction of sp³-hybridized carbons (Fsp3) is 0.733. The second-order valence-electron chi connectivity index (χ2n) is 6.18. The molecule has 1 aromatic heterocycles. The molecule has 6 nitrogen and oxygen atoms in total. The van der Waals surface area contributed by atoms with Crippen molar-refractivity contribution < 1.29 is 9.53 Å². The molecule has 0 saturated carbocycles. The van der Waals surface area contributed by atoms with Crippen molar-refractivity contribution in [3.63, 3.8) is 0 Å². The number of carbonyl (C=O) groups is 1. The third-order valence-electron chi connectivity index (χ3n) is 4.41. The van der Waals surface area contributed by atoms with Crippen LogP contribution in [0.4, 0.5) is 0 Å². The van der Waals surface area contributed by atoms with Gasteiger partial charge in [-0.25, -0.2) is 4.68 Å². The van der Waals surface area contributed by atoms with E-state index in [9.17, 15) is 4.79 Å². The van der Waals surface area contributed by atoms with Gasteiger partial charge in [0.05, 0.1) is 4.47 Å². The SMILES string of the molecule is CN1CCC(NC(=O)c2nn(C3CCCCO3)cc2Br)CC1. The Labute approximate surface area is 139 Å². The van der Waals surface area contributed by atoms with Crippen molar-refractivity contribution >= 4 is 21.8 Å². The zero-order chi connectivity index (χ0) is 15.5. The standard InChI is InChI=1S/C15H23BrN4O2/c1-19-7-5-11(6-8-19)17-15(21)14-12(16)10-20(18-14)13-4-2-3-9-22-13/h10-11,13H,2-9H2,1H3,(H,17,21). The van der Waals surface area contributed by atoms with Gasteiger partial charge in [0.2, 0.25) is 0 Å². The summed E-state index contributed by atoms with van der Waals surface area (Å²) in [7, 11) is 2.11. The third kappa shape index (κ3) is 3.70. The van der Waals surface area contributed by atoms with E-state index in [1.165, 1.54) is 0 Å². The van der Waals surface area contributed by atoms with Gasteiger partial charge >= 0.3 is 0 Å². The lowest BCUT2D eigenvalue weighted by molar-refractivity contribution is -0.0396. The average molecular weight is 371 g/mol. The van der Waals surface area contributed by atoms with Crippen LogP contribution in [0.25, 0.3) is 0 Å². The Morgan fingerprint density at radius 1 is 1.36 bits per heavy atom. The lowest BCUT2D eigenvalue weighted by atomic mass is 10.1. The predicted molar refractivity (Wildman–Crippen MR) is 86.8 cm³/mol. The summed E-state index contributed by atoms with van der Waals surface area (Å²) in [6, 6.07) is 0.242. The number of aromatic nitrogens is 2. The minimum Gasteiger partial charge on any atom is -0.357 e. The molecule has 0 aromatic carbocycles. The van der Waals surface area contributed by atoms with Crippen molar-refractivity contribution in [2.45, 2.75) is 44.4 Å². The van der Waals surface area contributed by atoms with Crippen LogP contribution >= 0.6 is 15.9 Å². The first kappa shape index (κ1) is 16.0. The van der Waals surface area contributed by atoms with Crippen molar-refractivity contribution in [3.05, 3.63) is 16.4 Å². The summed E-state index contributed by atoms with van der Waals surface area (Å²) in [6.45, 7) is 2.81. The third-order valence-corrected chi connectivity index (χ3v) is 4.99. The monoisotopic (exact) mass is 370 g/mol. The van der Waals surface area contributed by atoms with Gasteiger partial charge in [-0.15, -0.1) is 0 Å². The Kier molecular flexibility index (Phi) is 5.15. The van der Waals surface area contributed by atoms with Crippen LogP contribution in [0, 0.1) is 0 Å². The number of nitrogens with zero attached hydrogens (tertiary/aromatic N) is 3. The van der Waals surface area contributed by atoms with Gasteiger partial charge in [-0.3, -0.25) is 4.79 Å². The molecular weight excluding hydrogens is 348 g/mol. The summed E-state index contributed by atoms with van der Waals surface area (Å²) in [4.78, 5) is 14.7. The summed E-state index contributed by atoms with van der Waals surface area (Å²) in [5, 5.41) is 7.54. The van der Waals surface area contributed by atoms with Crippen LogP contribution in [-0.2, 0) is 4.74 Å². The van der Waals surface area contributed by atoms with Crippen molar-refractivity contribution in [2.75, 3.05) is 26.7 Å². The molecule has 1 unspecified atom stereocenters. The van der Waals surface area contributed by atoms with E-state index in [1.54, 1.807) is 4.68 Å². The van der Waals surface area contributed by atoms with E-state index in [2.05, 4.69) is 38.3 Å². The highest BCUT2D eigenvalue weighted by Crippen LogP contribution is 2.25. The number of hydrogen-bond donors (Lipinski definition) is 1. The summed E-state index contributed by atoms with van der Waals surface area (Å²) in [5.41, 5.74) is 0.452. The maximum Gasteiger partial charge on any atom is 0.273 e. The second kappa shape index (κ2) is 7.10. The number of carbonyl (C=O) groups excluding carboxylic acids is 1. The zero-order valence-electron chi connectivity index (χ0n) is 12.9. The summed E-state index contributed by atoms with van der Waals surface area (Å²) < 4.78 is 8.22. The quantitative estimate of drug-likeness (QED) is 0.885. The molecule has 122 valence electrons. The number of halogens is 1. The second-order valence-corrected chi connectivity index (χ2v) is 7.03. The zero-order valence-corrected chi connectivity index (χ0v) is 14.5. The smallest absolute Gasteiger partial charge is 0.273 e. The first-order valence-electron chi connectivity index (χ1n) is 7.99. The molecule has 0 aliphatic carbocycles. The van der Waals surface area contributed by atoms with Gasteiger partial charge in [0, 0.05) is 18.8 Å². The van der Waals surface area contributed by atoms with Crippen LogP contribution in [0.1, 0.15) is 48.8 Å². The van der Waals surface area contributed by atoms with Crippen molar-refractivity contribution in [1.29, 1.82) is 0 Å². The molecule has 3 rings (SSSR count). The van der Waals surface area contributed by atoms with Gasteiger partial charge < -0.3 is 15.0 Å². The molecule has 1 aromatic rings. The number of piperidine rings is 1. The molecule has 7 heteroatoms. The summed E-state index contributed by atoms with van der Waals surface area (Å²) >= 11 is 3.45. The van der Waals surface area contributed by atoms with E-state index in [-0.39, 0.29) is 18.2 Å². The number of hydrogen-bond acceptors (Lipinski definition) is 4. The van der Waals surface area contributed by atoms with Gasteiger partial charge in [0.15, 0.2) is 5.69 Å². The Balaban J connectivity index is 1.63. The Hall–Kier alpha value is -0.920. The van der Waals surface area contributed by atoms with Crippen molar-refractivity contribution in [1.82, 2.24) is 20.0 Å². The Bertz CT molecular complexity index is 520. The highest BCUT2D eigenvalue weighted by Gasteiger charge is 2.24. The lowest BCUT2D eigenvalue weighted by Gasteiger charge is -2.29. The summed E-state index contributed by atoms with van der Waals surface area (Å²) in [5.74, 6) is -0.101. The fourth-order valence-corrected chi connectivity index (χ4v) is 3.48. The molecule has 0 bridgehead atoms. The molecule has 1 amide bonds. The molecular formula is C15H23BrN4O2. The molecule has 3 heterocycles. The van der Waals surface area contributed by atoms with Crippen LogP contribution in [0.2, 0.25) is 0 Å².